The third-order valence-electron chi connectivity index (χ3n) is 6.54. The number of amides is 2. The van der Waals surface area contributed by atoms with Crippen LogP contribution in [0, 0.1) is 17.8 Å². The molecule has 0 aromatic carbocycles. The maximum absolute atomic E-state index is 13.1. The lowest BCUT2D eigenvalue weighted by Gasteiger charge is -2.39. The van der Waals surface area contributed by atoms with Gasteiger partial charge in [0.05, 0.1) is 0 Å². The Morgan fingerprint density at radius 2 is 1.55 bits per heavy atom. The molecule has 0 unspecified atom stereocenters. The summed E-state index contributed by atoms with van der Waals surface area (Å²) >= 11 is 0. The molecule has 4 rings (SSSR count). The Balaban J connectivity index is 1.48. The van der Waals surface area contributed by atoms with Crippen LogP contribution in [-0.4, -0.2) is 47.3 Å². The first-order valence-electron chi connectivity index (χ1n) is 9.33. The number of fused-ring (bicyclic) bond motifs is 2. The average molecular weight is 304 g/mol. The minimum Gasteiger partial charge on any atom is -0.341 e. The number of piperidine rings is 1. The Labute approximate surface area is 133 Å². The number of carbonyl (C=O) groups is 2. The van der Waals surface area contributed by atoms with Crippen molar-refractivity contribution in [3.63, 3.8) is 0 Å². The standard InChI is InChI=1S/C18H28N2O2/c21-17(15-12-13-6-7-14(15)11-13)20-10-2-1-5-16(20)18(22)19-8-3-4-9-19/h13-16H,1-12H2/t13-,14-,15+,16+/m0/s1. The molecule has 2 saturated carbocycles. The van der Waals surface area contributed by atoms with Crippen molar-refractivity contribution in [2.24, 2.45) is 17.8 Å². The fraction of sp³-hybridized carbons (Fsp3) is 0.889. The molecule has 0 N–H and O–H groups in total. The van der Waals surface area contributed by atoms with Crippen LogP contribution < -0.4 is 0 Å². The Bertz CT molecular complexity index is 458. The van der Waals surface area contributed by atoms with Gasteiger partial charge in [0.15, 0.2) is 0 Å². The van der Waals surface area contributed by atoms with Gasteiger partial charge in [0.25, 0.3) is 0 Å². The van der Waals surface area contributed by atoms with Crippen molar-refractivity contribution < 1.29 is 9.59 Å². The van der Waals surface area contributed by atoms with Gasteiger partial charge in [0.1, 0.15) is 6.04 Å². The van der Waals surface area contributed by atoms with Crippen molar-refractivity contribution in [3.8, 4) is 0 Å². The van der Waals surface area contributed by atoms with E-state index in [0.717, 1.165) is 64.1 Å². The van der Waals surface area contributed by atoms with Gasteiger partial charge in [0, 0.05) is 25.6 Å². The van der Waals surface area contributed by atoms with Gasteiger partial charge in [-0.1, -0.05) is 6.42 Å². The van der Waals surface area contributed by atoms with Crippen molar-refractivity contribution in [1.29, 1.82) is 0 Å². The summed E-state index contributed by atoms with van der Waals surface area (Å²) in [4.78, 5) is 29.9. The number of likely N-dealkylation sites (tertiary alicyclic amines) is 2. The molecule has 0 aromatic rings. The topological polar surface area (TPSA) is 40.6 Å². The van der Waals surface area contributed by atoms with Crippen LogP contribution in [-0.2, 0) is 9.59 Å². The first-order chi connectivity index (χ1) is 10.7. The highest BCUT2D eigenvalue weighted by atomic mass is 16.2. The summed E-state index contributed by atoms with van der Waals surface area (Å²) in [6.45, 7) is 2.59. The summed E-state index contributed by atoms with van der Waals surface area (Å²) in [6.07, 6.45) is 10.2. The first kappa shape index (κ1) is 14.5. The third kappa shape index (κ3) is 2.44. The smallest absolute Gasteiger partial charge is 0.245 e. The van der Waals surface area contributed by atoms with Crippen LogP contribution in [0.4, 0.5) is 0 Å². The Hall–Kier alpha value is -1.06. The molecule has 122 valence electrons. The van der Waals surface area contributed by atoms with Crippen LogP contribution in [0.25, 0.3) is 0 Å². The van der Waals surface area contributed by atoms with E-state index in [2.05, 4.69) is 0 Å². The van der Waals surface area contributed by atoms with Gasteiger partial charge in [-0.05, 0) is 63.2 Å². The first-order valence-corrected chi connectivity index (χ1v) is 9.33. The number of carbonyl (C=O) groups excluding carboxylic acids is 2. The molecular formula is C18H28N2O2. The number of nitrogens with zero attached hydrogens (tertiary/aromatic N) is 2. The molecule has 22 heavy (non-hydrogen) atoms. The van der Waals surface area contributed by atoms with Crippen molar-refractivity contribution >= 4 is 11.8 Å². The summed E-state index contributed by atoms with van der Waals surface area (Å²) in [5, 5.41) is 0. The molecule has 2 heterocycles. The number of hydrogen-bond acceptors (Lipinski definition) is 2. The van der Waals surface area contributed by atoms with Gasteiger partial charge in [-0.15, -0.1) is 0 Å². The Morgan fingerprint density at radius 3 is 2.23 bits per heavy atom. The highest BCUT2D eigenvalue weighted by molar-refractivity contribution is 5.89. The largest absolute Gasteiger partial charge is 0.341 e. The van der Waals surface area contributed by atoms with Crippen LogP contribution in [0.15, 0.2) is 0 Å². The summed E-state index contributed by atoms with van der Waals surface area (Å²) < 4.78 is 0. The van der Waals surface area contributed by atoms with Crippen LogP contribution in [0.1, 0.15) is 57.8 Å². The van der Waals surface area contributed by atoms with Gasteiger partial charge in [-0.2, -0.15) is 0 Å². The molecule has 4 fully saturated rings. The predicted octanol–water partition coefficient (Wildman–Crippen LogP) is 2.43. The number of hydrogen-bond donors (Lipinski definition) is 0. The van der Waals surface area contributed by atoms with E-state index >= 15 is 0 Å². The zero-order valence-corrected chi connectivity index (χ0v) is 13.5. The SMILES string of the molecule is O=C([C@H]1CCCCN1C(=O)[C@@H]1C[C@H]2CC[C@H]1C2)N1CCCC1. The van der Waals surface area contributed by atoms with E-state index in [9.17, 15) is 9.59 Å². The molecule has 2 aliphatic heterocycles. The van der Waals surface area contributed by atoms with E-state index < -0.39 is 0 Å². The quantitative estimate of drug-likeness (QED) is 0.786. The molecule has 2 amide bonds. The normalized spacial score (nSPS) is 37.8. The van der Waals surface area contributed by atoms with Gasteiger partial charge in [-0.3, -0.25) is 9.59 Å². The maximum Gasteiger partial charge on any atom is 0.245 e. The fourth-order valence-electron chi connectivity index (χ4n) is 5.36. The fourth-order valence-corrected chi connectivity index (χ4v) is 5.36. The van der Waals surface area contributed by atoms with Crippen molar-refractivity contribution in [3.05, 3.63) is 0 Å². The Kier molecular flexibility index (Phi) is 3.87. The van der Waals surface area contributed by atoms with E-state index in [1.807, 2.05) is 9.80 Å². The monoisotopic (exact) mass is 304 g/mol. The van der Waals surface area contributed by atoms with E-state index in [4.69, 9.17) is 0 Å². The van der Waals surface area contributed by atoms with E-state index in [-0.39, 0.29) is 17.9 Å². The van der Waals surface area contributed by atoms with Crippen LogP contribution >= 0.6 is 0 Å². The van der Waals surface area contributed by atoms with E-state index in [0.29, 0.717) is 11.8 Å². The molecule has 2 saturated heterocycles. The van der Waals surface area contributed by atoms with Crippen LogP contribution in [0.2, 0.25) is 0 Å². The van der Waals surface area contributed by atoms with Gasteiger partial charge >= 0.3 is 0 Å². The molecule has 4 heteroatoms. The van der Waals surface area contributed by atoms with Crippen LogP contribution in [0.5, 0.6) is 0 Å². The zero-order chi connectivity index (χ0) is 15.1. The second-order valence-electron chi connectivity index (χ2n) is 7.86. The van der Waals surface area contributed by atoms with Crippen molar-refractivity contribution in [2.45, 2.75) is 63.8 Å². The van der Waals surface area contributed by atoms with Crippen molar-refractivity contribution in [2.75, 3.05) is 19.6 Å². The highest BCUT2D eigenvalue weighted by Crippen LogP contribution is 2.49. The lowest BCUT2D eigenvalue weighted by molar-refractivity contribution is -0.150. The highest BCUT2D eigenvalue weighted by Gasteiger charge is 2.46. The minimum absolute atomic E-state index is 0.154. The summed E-state index contributed by atoms with van der Waals surface area (Å²) in [6, 6.07) is -0.154. The lowest BCUT2D eigenvalue weighted by Crippen LogP contribution is -2.54. The summed E-state index contributed by atoms with van der Waals surface area (Å²) in [7, 11) is 0. The molecule has 4 aliphatic rings. The van der Waals surface area contributed by atoms with Gasteiger partial charge < -0.3 is 9.80 Å². The van der Waals surface area contributed by atoms with Crippen LogP contribution in [0.3, 0.4) is 0 Å². The number of rotatable bonds is 2. The van der Waals surface area contributed by atoms with E-state index in [1.165, 1.54) is 19.3 Å². The molecule has 0 aromatic heterocycles. The predicted molar refractivity (Wildman–Crippen MR) is 84.1 cm³/mol. The molecule has 2 bridgehead atoms. The van der Waals surface area contributed by atoms with E-state index in [1.54, 1.807) is 0 Å². The van der Waals surface area contributed by atoms with Gasteiger partial charge in [0.2, 0.25) is 11.8 Å². The van der Waals surface area contributed by atoms with Crippen molar-refractivity contribution in [1.82, 2.24) is 9.80 Å². The third-order valence-corrected chi connectivity index (χ3v) is 6.54. The lowest BCUT2D eigenvalue weighted by atomic mass is 9.86. The average Bonchev–Trinajstić information content (AvgIpc) is 3.30. The second-order valence-corrected chi connectivity index (χ2v) is 7.86. The molecule has 2 aliphatic carbocycles. The summed E-state index contributed by atoms with van der Waals surface area (Å²) in [5.41, 5.74) is 0. The molecular weight excluding hydrogens is 276 g/mol. The van der Waals surface area contributed by atoms with Gasteiger partial charge in [-0.25, -0.2) is 0 Å². The molecule has 4 atom stereocenters. The minimum atomic E-state index is -0.154. The molecule has 0 spiro atoms. The second kappa shape index (κ2) is 5.86. The maximum atomic E-state index is 13.1. The zero-order valence-electron chi connectivity index (χ0n) is 13.5. The molecule has 4 nitrogen and oxygen atoms in total. The molecule has 0 radical (unpaired) electrons. The summed E-state index contributed by atoms with van der Waals surface area (Å²) in [5.74, 6) is 2.17. The Morgan fingerprint density at radius 1 is 0.773 bits per heavy atom.